The zero-order chi connectivity index (χ0) is 19.4. The van der Waals surface area contributed by atoms with Crippen molar-refractivity contribution in [2.45, 2.75) is 31.0 Å². The van der Waals surface area contributed by atoms with Gasteiger partial charge in [-0.2, -0.15) is 13.2 Å². The van der Waals surface area contributed by atoms with Crippen LogP contribution < -0.4 is 5.32 Å². The van der Waals surface area contributed by atoms with E-state index in [0.29, 0.717) is 17.5 Å². The van der Waals surface area contributed by atoms with Crippen LogP contribution in [0.25, 0.3) is 11.1 Å². The summed E-state index contributed by atoms with van der Waals surface area (Å²) in [6.07, 6.45) is -2.73. The van der Waals surface area contributed by atoms with Gasteiger partial charge in [-0.15, -0.1) is 0 Å². The van der Waals surface area contributed by atoms with Crippen molar-refractivity contribution < 1.29 is 18.0 Å². The predicted octanol–water partition coefficient (Wildman–Crippen LogP) is 3.90. The molecule has 2 aromatic carbocycles. The van der Waals surface area contributed by atoms with E-state index in [0.717, 1.165) is 29.7 Å². The van der Waals surface area contributed by atoms with Crippen molar-refractivity contribution in [2.75, 3.05) is 7.05 Å². The highest BCUT2D eigenvalue weighted by molar-refractivity contribution is 5.99. The number of hydrogen-bond acceptors (Lipinski definition) is 2. The number of amides is 1. The van der Waals surface area contributed by atoms with Gasteiger partial charge in [-0.1, -0.05) is 24.3 Å². The first-order valence-corrected chi connectivity index (χ1v) is 8.64. The molecule has 2 N–H and O–H groups in total. The van der Waals surface area contributed by atoms with Crippen LogP contribution in [0, 0.1) is 5.41 Å². The topological polar surface area (TPSA) is 56.2 Å². The third kappa shape index (κ3) is 2.87. The lowest BCUT2D eigenvalue weighted by Crippen LogP contribution is -2.58. The number of fused-ring (bicyclic) bond motifs is 2. The Labute approximate surface area is 154 Å². The minimum atomic E-state index is -4.40. The molecule has 7 heteroatoms. The first kappa shape index (κ1) is 17.6. The Morgan fingerprint density at radius 2 is 1.89 bits per heavy atom. The SMILES string of the molecule is CN1C(=N)NC2(CCc3ccc(-c4cccc(C(F)(F)F)c4)cc32)CC1=O. The third-order valence-corrected chi connectivity index (χ3v) is 5.49. The van der Waals surface area contributed by atoms with E-state index in [2.05, 4.69) is 5.32 Å². The lowest BCUT2D eigenvalue weighted by atomic mass is 9.85. The van der Waals surface area contributed by atoms with E-state index in [4.69, 9.17) is 5.41 Å². The van der Waals surface area contributed by atoms with Crippen LogP contribution >= 0.6 is 0 Å². The first-order valence-electron chi connectivity index (χ1n) is 8.64. The van der Waals surface area contributed by atoms with Gasteiger partial charge in [-0.25, -0.2) is 0 Å². The van der Waals surface area contributed by atoms with Crippen molar-refractivity contribution in [3.63, 3.8) is 0 Å². The normalized spacial score (nSPS) is 22.1. The fraction of sp³-hybridized carbons (Fsp3) is 0.300. The Balaban J connectivity index is 1.77. The number of aryl methyl sites for hydroxylation is 1. The molecule has 0 saturated carbocycles. The van der Waals surface area contributed by atoms with Crippen LogP contribution in [0.2, 0.25) is 0 Å². The smallest absolute Gasteiger partial charge is 0.346 e. The number of guanidine groups is 1. The number of rotatable bonds is 1. The molecule has 27 heavy (non-hydrogen) atoms. The van der Waals surface area contributed by atoms with E-state index in [1.807, 2.05) is 18.2 Å². The van der Waals surface area contributed by atoms with Gasteiger partial charge in [0.1, 0.15) is 0 Å². The Morgan fingerprint density at radius 1 is 1.15 bits per heavy atom. The van der Waals surface area contributed by atoms with Gasteiger partial charge in [0, 0.05) is 7.05 Å². The van der Waals surface area contributed by atoms with Crippen molar-refractivity contribution in [3.05, 3.63) is 59.2 Å². The van der Waals surface area contributed by atoms with Gasteiger partial charge in [0.15, 0.2) is 5.96 Å². The number of carbonyl (C=O) groups excluding carboxylic acids is 1. The fourth-order valence-corrected chi connectivity index (χ4v) is 3.95. The summed E-state index contributed by atoms with van der Waals surface area (Å²) in [6.45, 7) is 0. The fourth-order valence-electron chi connectivity index (χ4n) is 3.95. The standard InChI is InChI=1S/C20H18F3N3O/c1-26-17(27)11-19(25-18(26)24)8-7-12-5-6-14(10-16(12)19)13-3-2-4-15(9-13)20(21,22)23/h2-6,9-10H,7-8,11H2,1H3,(H2,24,25). The predicted molar refractivity (Wildman–Crippen MR) is 95.1 cm³/mol. The van der Waals surface area contributed by atoms with Gasteiger partial charge in [-0.05, 0) is 53.3 Å². The minimum Gasteiger partial charge on any atom is -0.346 e. The maximum Gasteiger partial charge on any atom is 0.416 e. The molecular formula is C20H18F3N3O. The van der Waals surface area contributed by atoms with Crippen LogP contribution in [0.3, 0.4) is 0 Å². The van der Waals surface area contributed by atoms with Crippen LogP contribution in [-0.2, 0) is 22.9 Å². The van der Waals surface area contributed by atoms with Crippen LogP contribution in [0.4, 0.5) is 13.2 Å². The van der Waals surface area contributed by atoms with Gasteiger partial charge in [0.2, 0.25) is 5.91 Å². The molecule has 1 amide bonds. The number of nitrogens with one attached hydrogen (secondary N) is 2. The third-order valence-electron chi connectivity index (χ3n) is 5.49. The van der Waals surface area contributed by atoms with E-state index in [-0.39, 0.29) is 18.3 Å². The second-order valence-corrected chi connectivity index (χ2v) is 7.14. The van der Waals surface area contributed by atoms with Gasteiger partial charge < -0.3 is 5.32 Å². The number of benzene rings is 2. The Hall–Kier alpha value is -2.83. The molecule has 0 aromatic heterocycles. The highest BCUT2D eigenvalue weighted by Crippen LogP contribution is 2.43. The Kier molecular flexibility index (Phi) is 3.80. The number of alkyl halides is 3. The molecule has 4 rings (SSSR count). The highest BCUT2D eigenvalue weighted by Gasteiger charge is 2.45. The summed E-state index contributed by atoms with van der Waals surface area (Å²) < 4.78 is 39.1. The number of carbonyl (C=O) groups is 1. The van der Waals surface area contributed by atoms with Crippen molar-refractivity contribution in [2.24, 2.45) is 0 Å². The summed E-state index contributed by atoms with van der Waals surface area (Å²) in [6, 6.07) is 10.8. The maximum atomic E-state index is 13.0. The average molecular weight is 373 g/mol. The number of halogens is 3. The largest absolute Gasteiger partial charge is 0.416 e. The monoisotopic (exact) mass is 373 g/mol. The summed E-state index contributed by atoms with van der Waals surface area (Å²) >= 11 is 0. The lowest BCUT2D eigenvalue weighted by molar-refractivity contribution is -0.137. The van der Waals surface area contributed by atoms with E-state index in [1.54, 1.807) is 13.1 Å². The molecule has 0 radical (unpaired) electrons. The second kappa shape index (κ2) is 5.84. The van der Waals surface area contributed by atoms with Gasteiger partial charge in [0.05, 0.1) is 17.5 Å². The van der Waals surface area contributed by atoms with Crippen LogP contribution in [-0.4, -0.2) is 23.8 Å². The molecule has 1 aliphatic carbocycles. The molecule has 1 aliphatic heterocycles. The lowest BCUT2D eigenvalue weighted by Gasteiger charge is -2.40. The van der Waals surface area contributed by atoms with E-state index in [1.165, 1.54) is 11.0 Å². The molecule has 1 fully saturated rings. The Morgan fingerprint density at radius 3 is 2.59 bits per heavy atom. The summed E-state index contributed by atoms with van der Waals surface area (Å²) in [5.74, 6) is -0.0976. The molecule has 2 aromatic rings. The van der Waals surface area contributed by atoms with Gasteiger partial charge in [-0.3, -0.25) is 15.1 Å². The molecule has 1 atom stereocenters. The minimum absolute atomic E-state index is 0.0450. The first-order chi connectivity index (χ1) is 12.7. The van der Waals surface area contributed by atoms with Crippen molar-refractivity contribution in [3.8, 4) is 11.1 Å². The molecule has 1 heterocycles. The van der Waals surface area contributed by atoms with E-state index in [9.17, 15) is 18.0 Å². The Bertz CT molecular complexity index is 934. The summed E-state index contributed by atoms with van der Waals surface area (Å²) in [5.41, 5.74) is 1.75. The summed E-state index contributed by atoms with van der Waals surface area (Å²) in [7, 11) is 1.56. The highest BCUT2D eigenvalue weighted by atomic mass is 19.4. The molecule has 1 spiro atoms. The molecule has 140 valence electrons. The molecule has 1 saturated heterocycles. The van der Waals surface area contributed by atoms with Crippen molar-refractivity contribution in [1.82, 2.24) is 10.2 Å². The summed E-state index contributed by atoms with van der Waals surface area (Å²) in [4.78, 5) is 13.6. The quantitative estimate of drug-likeness (QED) is 0.797. The number of hydrogen-bond donors (Lipinski definition) is 2. The molecule has 2 aliphatic rings. The zero-order valence-corrected chi connectivity index (χ0v) is 14.7. The maximum absolute atomic E-state index is 13.0. The van der Waals surface area contributed by atoms with Gasteiger partial charge in [0.25, 0.3) is 0 Å². The van der Waals surface area contributed by atoms with Crippen LogP contribution in [0.15, 0.2) is 42.5 Å². The van der Waals surface area contributed by atoms with E-state index >= 15 is 0 Å². The molecule has 0 bridgehead atoms. The van der Waals surface area contributed by atoms with Gasteiger partial charge >= 0.3 is 6.18 Å². The van der Waals surface area contributed by atoms with E-state index < -0.39 is 17.3 Å². The molecular weight excluding hydrogens is 355 g/mol. The summed E-state index contributed by atoms with van der Waals surface area (Å²) in [5, 5.41) is 11.2. The number of nitrogens with zero attached hydrogens (tertiary/aromatic N) is 1. The average Bonchev–Trinajstić information content (AvgIpc) is 2.96. The van der Waals surface area contributed by atoms with Crippen LogP contribution in [0.5, 0.6) is 0 Å². The molecule has 1 unspecified atom stereocenters. The van der Waals surface area contributed by atoms with Crippen molar-refractivity contribution in [1.29, 1.82) is 5.41 Å². The second-order valence-electron chi connectivity index (χ2n) is 7.14. The zero-order valence-electron chi connectivity index (χ0n) is 14.7. The van der Waals surface area contributed by atoms with Crippen LogP contribution in [0.1, 0.15) is 29.5 Å². The molecule has 4 nitrogen and oxygen atoms in total. The van der Waals surface area contributed by atoms with Crippen molar-refractivity contribution >= 4 is 11.9 Å².